The maximum absolute atomic E-state index is 12.9. The highest BCUT2D eigenvalue weighted by atomic mass is 16.5. The maximum Gasteiger partial charge on any atom is 0.259 e. The molecule has 1 fully saturated rings. The van der Waals surface area contributed by atoms with E-state index >= 15 is 0 Å². The SMILES string of the molecule is COCCOC1CCC(C#N)(c2ccc(NC(=O)c3cnn(-c4ccc(C)cc4)c3C)cn2)CC1. The Morgan fingerprint density at radius 1 is 1.14 bits per heavy atom. The first-order valence-electron chi connectivity index (χ1n) is 11.9. The Morgan fingerprint density at radius 2 is 1.89 bits per heavy atom. The number of pyridine rings is 1. The van der Waals surface area contributed by atoms with Gasteiger partial charge in [0.1, 0.15) is 0 Å². The van der Waals surface area contributed by atoms with Crippen LogP contribution in [0.4, 0.5) is 5.69 Å². The van der Waals surface area contributed by atoms with Crippen LogP contribution in [-0.4, -0.2) is 47.1 Å². The Bertz CT molecular complexity index is 1190. The molecule has 0 bridgehead atoms. The van der Waals surface area contributed by atoms with Crippen molar-refractivity contribution in [2.45, 2.75) is 51.0 Å². The first-order valence-corrected chi connectivity index (χ1v) is 11.9. The number of nitriles is 1. The van der Waals surface area contributed by atoms with E-state index in [0.29, 0.717) is 37.3 Å². The minimum Gasteiger partial charge on any atom is -0.382 e. The molecule has 2 aromatic heterocycles. The third-order valence-corrected chi connectivity index (χ3v) is 6.69. The number of carbonyl (C=O) groups excluding carboxylic acids is 1. The number of rotatable bonds is 8. The van der Waals surface area contributed by atoms with Crippen LogP contribution in [0.25, 0.3) is 5.69 Å². The number of hydrogen-bond donors (Lipinski definition) is 1. The summed E-state index contributed by atoms with van der Waals surface area (Å²) in [5, 5.41) is 17.3. The molecule has 0 radical (unpaired) electrons. The Balaban J connectivity index is 1.41. The topological polar surface area (TPSA) is 102 Å². The highest BCUT2D eigenvalue weighted by Crippen LogP contribution is 2.39. The van der Waals surface area contributed by atoms with Gasteiger partial charge in [-0.3, -0.25) is 9.78 Å². The molecule has 182 valence electrons. The second kappa shape index (κ2) is 10.8. The lowest BCUT2D eigenvalue weighted by Crippen LogP contribution is -2.34. The Labute approximate surface area is 205 Å². The molecule has 0 spiro atoms. The highest BCUT2D eigenvalue weighted by molar-refractivity contribution is 6.04. The van der Waals surface area contributed by atoms with Gasteiger partial charge in [-0.05, 0) is 63.8 Å². The molecule has 4 rings (SSSR count). The molecule has 0 unspecified atom stereocenters. The maximum atomic E-state index is 12.9. The summed E-state index contributed by atoms with van der Waals surface area (Å²) in [6, 6.07) is 14.1. The number of carbonyl (C=O) groups is 1. The van der Waals surface area contributed by atoms with E-state index < -0.39 is 5.41 Å². The number of methoxy groups -OCH3 is 1. The summed E-state index contributed by atoms with van der Waals surface area (Å²) in [6.45, 7) is 5.03. The summed E-state index contributed by atoms with van der Waals surface area (Å²) < 4.78 is 12.6. The standard InChI is InChI=1S/C27H31N5O3/c1-19-4-7-22(8-5-19)32-20(2)24(17-30-32)26(33)31-21-6-9-25(29-16-21)27(18-28)12-10-23(11-13-27)35-15-14-34-3/h4-9,16-17,23H,10-15H2,1-3H3,(H,31,33). The molecule has 0 saturated heterocycles. The van der Waals surface area contributed by atoms with Crippen LogP contribution >= 0.6 is 0 Å². The predicted molar refractivity (Wildman–Crippen MR) is 133 cm³/mol. The van der Waals surface area contributed by atoms with E-state index in [4.69, 9.17) is 9.47 Å². The molecule has 0 atom stereocenters. The van der Waals surface area contributed by atoms with Crippen molar-refractivity contribution in [2.24, 2.45) is 0 Å². The van der Waals surface area contributed by atoms with Crippen molar-refractivity contribution in [1.29, 1.82) is 5.26 Å². The number of ether oxygens (including phenoxy) is 2. The van der Waals surface area contributed by atoms with E-state index in [9.17, 15) is 10.1 Å². The van der Waals surface area contributed by atoms with Crippen molar-refractivity contribution in [3.63, 3.8) is 0 Å². The van der Waals surface area contributed by atoms with E-state index in [-0.39, 0.29) is 12.0 Å². The van der Waals surface area contributed by atoms with Crippen LogP contribution in [0.3, 0.4) is 0 Å². The Morgan fingerprint density at radius 3 is 2.51 bits per heavy atom. The molecule has 2 heterocycles. The third-order valence-electron chi connectivity index (χ3n) is 6.69. The van der Waals surface area contributed by atoms with Gasteiger partial charge in [0.2, 0.25) is 0 Å². The van der Waals surface area contributed by atoms with E-state index in [1.54, 1.807) is 30.3 Å². The molecular weight excluding hydrogens is 442 g/mol. The minimum absolute atomic E-state index is 0.147. The van der Waals surface area contributed by atoms with Gasteiger partial charge in [-0.15, -0.1) is 0 Å². The van der Waals surface area contributed by atoms with Crippen LogP contribution in [0.2, 0.25) is 0 Å². The second-order valence-corrected chi connectivity index (χ2v) is 9.03. The van der Waals surface area contributed by atoms with Gasteiger partial charge in [0.15, 0.2) is 0 Å². The lowest BCUT2D eigenvalue weighted by Gasteiger charge is -2.34. The van der Waals surface area contributed by atoms with E-state index in [1.807, 2.05) is 44.2 Å². The summed E-state index contributed by atoms with van der Waals surface area (Å²) >= 11 is 0. The van der Waals surface area contributed by atoms with Crippen molar-refractivity contribution in [2.75, 3.05) is 25.6 Å². The molecule has 35 heavy (non-hydrogen) atoms. The summed E-state index contributed by atoms with van der Waals surface area (Å²) in [5.74, 6) is -0.251. The summed E-state index contributed by atoms with van der Waals surface area (Å²) in [7, 11) is 1.65. The Kier molecular flexibility index (Phi) is 7.59. The van der Waals surface area contributed by atoms with Crippen molar-refractivity contribution in [3.8, 4) is 11.8 Å². The lowest BCUT2D eigenvalue weighted by molar-refractivity contribution is -0.00749. The fourth-order valence-corrected chi connectivity index (χ4v) is 4.50. The van der Waals surface area contributed by atoms with E-state index in [1.165, 1.54) is 0 Å². The van der Waals surface area contributed by atoms with Gasteiger partial charge in [0.25, 0.3) is 5.91 Å². The molecule has 1 amide bonds. The number of hydrogen-bond acceptors (Lipinski definition) is 6. The van der Waals surface area contributed by atoms with Crippen LogP contribution in [0, 0.1) is 25.2 Å². The van der Waals surface area contributed by atoms with Gasteiger partial charge in [-0.25, -0.2) is 4.68 Å². The smallest absolute Gasteiger partial charge is 0.259 e. The van der Waals surface area contributed by atoms with Gasteiger partial charge in [-0.2, -0.15) is 10.4 Å². The fourth-order valence-electron chi connectivity index (χ4n) is 4.50. The zero-order valence-corrected chi connectivity index (χ0v) is 20.5. The molecule has 3 aromatic rings. The number of aryl methyl sites for hydroxylation is 1. The normalized spacial score (nSPS) is 19.8. The predicted octanol–water partition coefficient (Wildman–Crippen LogP) is 4.50. The molecule has 1 N–H and O–H groups in total. The average Bonchev–Trinajstić information content (AvgIpc) is 3.27. The highest BCUT2D eigenvalue weighted by Gasteiger charge is 2.38. The summed E-state index contributed by atoms with van der Waals surface area (Å²) in [6.07, 6.45) is 6.34. The third kappa shape index (κ3) is 5.42. The van der Waals surface area contributed by atoms with Gasteiger partial charge in [-0.1, -0.05) is 17.7 Å². The van der Waals surface area contributed by atoms with Crippen molar-refractivity contribution in [3.05, 3.63) is 71.3 Å². The molecule has 1 aliphatic carbocycles. The zero-order valence-electron chi connectivity index (χ0n) is 20.5. The number of benzene rings is 1. The lowest BCUT2D eigenvalue weighted by atomic mass is 9.72. The largest absolute Gasteiger partial charge is 0.382 e. The van der Waals surface area contributed by atoms with Crippen LogP contribution in [-0.2, 0) is 14.9 Å². The quantitative estimate of drug-likeness (QED) is 0.483. The van der Waals surface area contributed by atoms with E-state index in [0.717, 1.165) is 35.5 Å². The molecule has 1 aromatic carbocycles. The van der Waals surface area contributed by atoms with Gasteiger partial charge < -0.3 is 14.8 Å². The van der Waals surface area contributed by atoms with Gasteiger partial charge >= 0.3 is 0 Å². The first kappa shape index (κ1) is 24.6. The number of nitrogens with one attached hydrogen (secondary N) is 1. The fraction of sp³-hybridized carbons (Fsp3) is 0.407. The van der Waals surface area contributed by atoms with Gasteiger partial charge in [0, 0.05) is 7.11 Å². The molecule has 1 saturated carbocycles. The minimum atomic E-state index is -0.630. The zero-order chi connectivity index (χ0) is 24.8. The summed E-state index contributed by atoms with van der Waals surface area (Å²) in [5.41, 5.74) is 3.99. The molecule has 8 heteroatoms. The molecule has 1 aliphatic rings. The number of aromatic nitrogens is 3. The molecule has 8 nitrogen and oxygen atoms in total. The van der Waals surface area contributed by atoms with Crippen LogP contribution < -0.4 is 5.32 Å². The van der Waals surface area contributed by atoms with Crippen molar-refractivity contribution in [1.82, 2.24) is 14.8 Å². The number of amides is 1. The van der Waals surface area contributed by atoms with Crippen molar-refractivity contribution >= 4 is 11.6 Å². The van der Waals surface area contributed by atoms with Crippen LogP contribution in [0.1, 0.15) is 53.0 Å². The Hall–Kier alpha value is -3.54. The average molecular weight is 474 g/mol. The number of nitrogens with zero attached hydrogens (tertiary/aromatic N) is 4. The number of anilines is 1. The van der Waals surface area contributed by atoms with Crippen LogP contribution in [0.15, 0.2) is 48.8 Å². The molecule has 0 aliphatic heterocycles. The van der Waals surface area contributed by atoms with Crippen LogP contribution in [0.5, 0.6) is 0 Å². The first-order chi connectivity index (χ1) is 17.0. The van der Waals surface area contributed by atoms with Gasteiger partial charge in [0.05, 0.1) is 71.5 Å². The molecular formula is C27H31N5O3. The summed E-state index contributed by atoms with van der Waals surface area (Å²) in [4.78, 5) is 17.5. The monoisotopic (exact) mass is 473 g/mol. The second-order valence-electron chi connectivity index (χ2n) is 9.03. The van der Waals surface area contributed by atoms with E-state index in [2.05, 4.69) is 21.5 Å². The van der Waals surface area contributed by atoms with Crippen molar-refractivity contribution < 1.29 is 14.3 Å².